The topological polar surface area (TPSA) is 48.4 Å². The van der Waals surface area contributed by atoms with Gasteiger partial charge in [-0.3, -0.25) is 0 Å². The third kappa shape index (κ3) is 2.04. The van der Waals surface area contributed by atoms with Gasteiger partial charge in [0.05, 0.1) is 13.2 Å². The molecule has 0 amide bonds. The molecule has 0 fully saturated rings. The summed E-state index contributed by atoms with van der Waals surface area (Å²) in [6, 6.07) is 7.79. The maximum absolute atomic E-state index is 6.01. The molecule has 2 N–H and O–H groups in total. The smallest absolute Gasteiger partial charge is 0.138 e. The molecular weight excluding hydrogens is 202 g/mol. The molecule has 0 saturated carbocycles. The minimum absolute atomic E-state index is 0.0107. The second-order valence-electron chi connectivity index (χ2n) is 3.95. The Morgan fingerprint density at radius 1 is 1.38 bits per heavy atom. The first-order chi connectivity index (χ1) is 7.74. The Hall–Kier alpha value is -1.48. The van der Waals surface area contributed by atoms with Gasteiger partial charge < -0.3 is 14.9 Å². The van der Waals surface area contributed by atoms with Crippen molar-refractivity contribution in [2.24, 2.45) is 5.73 Å². The summed E-state index contributed by atoms with van der Waals surface area (Å²) in [6.07, 6.45) is 2.00. The quantitative estimate of drug-likeness (QED) is 0.858. The molecule has 0 radical (unpaired) electrons. The van der Waals surface area contributed by atoms with Gasteiger partial charge in [-0.05, 0) is 24.6 Å². The van der Waals surface area contributed by atoms with E-state index in [2.05, 4.69) is 6.92 Å². The number of ether oxygens (including phenoxy) is 1. The lowest BCUT2D eigenvalue weighted by Crippen LogP contribution is -2.08. The van der Waals surface area contributed by atoms with E-state index in [-0.39, 0.29) is 6.04 Å². The van der Waals surface area contributed by atoms with Crippen LogP contribution >= 0.6 is 0 Å². The lowest BCUT2D eigenvalue weighted by atomic mass is 10.1. The highest BCUT2D eigenvalue weighted by molar-refractivity contribution is 5.79. The predicted octanol–water partition coefficient (Wildman–Crippen LogP) is 3.24. The van der Waals surface area contributed by atoms with Crippen molar-refractivity contribution in [2.45, 2.75) is 25.8 Å². The first-order valence-electron chi connectivity index (χ1n) is 5.57. The van der Waals surface area contributed by atoms with Gasteiger partial charge in [0.2, 0.25) is 0 Å². The first-order valence-corrected chi connectivity index (χ1v) is 5.57. The van der Waals surface area contributed by atoms with E-state index >= 15 is 0 Å². The summed E-state index contributed by atoms with van der Waals surface area (Å²) in [5.41, 5.74) is 6.85. The molecule has 2 aromatic rings. The summed E-state index contributed by atoms with van der Waals surface area (Å²) in [5, 5.41) is 1.07. The Labute approximate surface area is 95.2 Å². The van der Waals surface area contributed by atoms with Crippen molar-refractivity contribution < 1.29 is 9.15 Å². The Balaban J connectivity index is 2.35. The van der Waals surface area contributed by atoms with Crippen molar-refractivity contribution in [3.63, 3.8) is 0 Å². The maximum atomic E-state index is 6.01. The zero-order valence-corrected chi connectivity index (χ0v) is 9.69. The number of nitrogens with two attached hydrogens (primary N) is 1. The second kappa shape index (κ2) is 4.58. The van der Waals surface area contributed by atoms with Crippen molar-refractivity contribution in [3.05, 3.63) is 30.0 Å². The van der Waals surface area contributed by atoms with Crippen molar-refractivity contribution in [3.8, 4) is 5.75 Å². The SMILES string of the molecule is CCCC(N)c1cc2ccc(OC)cc2o1. The molecule has 0 spiro atoms. The Morgan fingerprint density at radius 3 is 2.88 bits per heavy atom. The van der Waals surface area contributed by atoms with E-state index in [1.54, 1.807) is 7.11 Å². The van der Waals surface area contributed by atoms with Crippen LogP contribution in [0.2, 0.25) is 0 Å². The fourth-order valence-corrected chi connectivity index (χ4v) is 1.79. The van der Waals surface area contributed by atoms with Crippen LogP contribution in [0.4, 0.5) is 0 Å². The van der Waals surface area contributed by atoms with E-state index in [1.807, 2.05) is 24.3 Å². The molecule has 0 saturated heterocycles. The number of benzene rings is 1. The van der Waals surface area contributed by atoms with E-state index in [4.69, 9.17) is 14.9 Å². The van der Waals surface area contributed by atoms with E-state index in [0.29, 0.717) is 0 Å². The molecule has 3 heteroatoms. The summed E-state index contributed by atoms with van der Waals surface area (Å²) in [7, 11) is 1.65. The molecule has 16 heavy (non-hydrogen) atoms. The fraction of sp³-hybridized carbons (Fsp3) is 0.385. The average molecular weight is 219 g/mol. The van der Waals surface area contributed by atoms with Crippen LogP contribution in [0.3, 0.4) is 0 Å². The molecule has 2 rings (SSSR count). The van der Waals surface area contributed by atoms with Crippen LogP contribution in [0.1, 0.15) is 31.6 Å². The van der Waals surface area contributed by atoms with Crippen LogP contribution in [-0.2, 0) is 0 Å². The fourth-order valence-electron chi connectivity index (χ4n) is 1.79. The minimum Gasteiger partial charge on any atom is -0.497 e. The van der Waals surface area contributed by atoms with E-state index in [9.17, 15) is 0 Å². The van der Waals surface area contributed by atoms with Crippen molar-refractivity contribution >= 4 is 11.0 Å². The first kappa shape index (κ1) is 11.0. The zero-order chi connectivity index (χ0) is 11.5. The standard InChI is InChI=1S/C13H17NO2/c1-3-4-11(14)13-7-9-5-6-10(15-2)8-12(9)16-13/h5-8,11H,3-4,14H2,1-2H3. The number of methoxy groups -OCH3 is 1. The number of hydrogen-bond acceptors (Lipinski definition) is 3. The number of hydrogen-bond donors (Lipinski definition) is 1. The van der Waals surface area contributed by atoms with Crippen LogP contribution in [0.25, 0.3) is 11.0 Å². The molecule has 1 aromatic heterocycles. The number of furan rings is 1. The van der Waals surface area contributed by atoms with Gasteiger partial charge in [0.15, 0.2) is 0 Å². The predicted molar refractivity (Wildman–Crippen MR) is 64.6 cm³/mol. The van der Waals surface area contributed by atoms with Crippen LogP contribution in [0.5, 0.6) is 5.75 Å². The van der Waals surface area contributed by atoms with E-state index in [1.165, 1.54) is 0 Å². The van der Waals surface area contributed by atoms with Gasteiger partial charge >= 0.3 is 0 Å². The Morgan fingerprint density at radius 2 is 2.19 bits per heavy atom. The molecule has 3 nitrogen and oxygen atoms in total. The zero-order valence-electron chi connectivity index (χ0n) is 9.69. The van der Waals surface area contributed by atoms with Crippen molar-refractivity contribution in [2.75, 3.05) is 7.11 Å². The summed E-state index contributed by atoms with van der Waals surface area (Å²) in [5.74, 6) is 1.66. The molecule has 0 bridgehead atoms. The minimum atomic E-state index is -0.0107. The van der Waals surface area contributed by atoms with Crippen molar-refractivity contribution in [1.29, 1.82) is 0 Å². The van der Waals surface area contributed by atoms with E-state index < -0.39 is 0 Å². The van der Waals surface area contributed by atoms with E-state index in [0.717, 1.165) is 35.3 Å². The lowest BCUT2D eigenvalue weighted by molar-refractivity contribution is 0.413. The molecule has 1 atom stereocenters. The molecule has 0 aliphatic carbocycles. The van der Waals surface area contributed by atoms with Gasteiger partial charge in [-0.1, -0.05) is 13.3 Å². The second-order valence-corrected chi connectivity index (χ2v) is 3.95. The third-order valence-corrected chi connectivity index (χ3v) is 2.71. The van der Waals surface area contributed by atoms with Gasteiger partial charge in [-0.25, -0.2) is 0 Å². The van der Waals surface area contributed by atoms with Crippen LogP contribution < -0.4 is 10.5 Å². The molecule has 86 valence electrons. The molecule has 0 aliphatic heterocycles. The van der Waals surface area contributed by atoms with Crippen molar-refractivity contribution in [1.82, 2.24) is 0 Å². The highest BCUT2D eigenvalue weighted by Crippen LogP contribution is 2.27. The monoisotopic (exact) mass is 219 g/mol. The van der Waals surface area contributed by atoms with Crippen LogP contribution in [0.15, 0.2) is 28.7 Å². The normalized spacial score (nSPS) is 12.9. The Kier molecular flexibility index (Phi) is 3.15. The third-order valence-electron chi connectivity index (χ3n) is 2.71. The van der Waals surface area contributed by atoms with Crippen LogP contribution in [-0.4, -0.2) is 7.11 Å². The molecule has 1 heterocycles. The summed E-state index contributed by atoms with van der Waals surface area (Å²) in [4.78, 5) is 0. The number of rotatable bonds is 4. The molecule has 1 aromatic carbocycles. The summed E-state index contributed by atoms with van der Waals surface area (Å²) < 4.78 is 10.9. The molecule has 1 unspecified atom stereocenters. The van der Waals surface area contributed by atoms with Gasteiger partial charge in [-0.15, -0.1) is 0 Å². The molecular formula is C13H17NO2. The van der Waals surface area contributed by atoms with Crippen LogP contribution in [0, 0.1) is 0 Å². The average Bonchev–Trinajstić information content (AvgIpc) is 2.71. The van der Waals surface area contributed by atoms with Gasteiger partial charge in [0.1, 0.15) is 17.1 Å². The van der Waals surface area contributed by atoms with Gasteiger partial charge in [0, 0.05) is 11.5 Å². The molecule has 0 aliphatic rings. The lowest BCUT2D eigenvalue weighted by Gasteiger charge is -2.04. The van der Waals surface area contributed by atoms with Gasteiger partial charge in [0.25, 0.3) is 0 Å². The maximum Gasteiger partial charge on any atom is 0.138 e. The number of fused-ring (bicyclic) bond motifs is 1. The Bertz CT molecular complexity index is 476. The largest absolute Gasteiger partial charge is 0.497 e. The highest BCUT2D eigenvalue weighted by Gasteiger charge is 2.11. The summed E-state index contributed by atoms with van der Waals surface area (Å²) >= 11 is 0. The highest BCUT2D eigenvalue weighted by atomic mass is 16.5. The van der Waals surface area contributed by atoms with Gasteiger partial charge in [-0.2, -0.15) is 0 Å². The summed E-state index contributed by atoms with van der Waals surface area (Å²) in [6.45, 7) is 2.12.